The predicted octanol–water partition coefficient (Wildman–Crippen LogP) is 1.41. The van der Waals surface area contributed by atoms with Crippen molar-refractivity contribution in [1.82, 2.24) is 4.98 Å². The van der Waals surface area contributed by atoms with Gasteiger partial charge >= 0.3 is 5.97 Å². The molecule has 5 heteroatoms. The number of hydrogen-bond acceptors (Lipinski definition) is 5. The van der Waals surface area contributed by atoms with Crippen LogP contribution in [0.5, 0.6) is 0 Å². The summed E-state index contributed by atoms with van der Waals surface area (Å²) in [5, 5.41) is 3.16. The SMILES string of the molecule is CCOC(=O)c1ccc(NCCCCN)nc1. The molecule has 0 spiro atoms. The molecule has 1 heterocycles. The first-order valence-electron chi connectivity index (χ1n) is 5.85. The molecule has 5 nitrogen and oxygen atoms in total. The van der Waals surface area contributed by atoms with E-state index < -0.39 is 0 Å². The summed E-state index contributed by atoms with van der Waals surface area (Å²) in [7, 11) is 0. The lowest BCUT2D eigenvalue weighted by Gasteiger charge is -2.05. The summed E-state index contributed by atoms with van der Waals surface area (Å²) in [5.41, 5.74) is 5.87. The monoisotopic (exact) mass is 237 g/mol. The lowest BCUT2D eigenvalue weighted by molar-refractivity contribution is 0.0526. The maximum Gasteiger partial charge on any atom is 0.339 e. The minimum Gasteiger partial charge on any atom is -0.462 e. The molecule has 0 saturated heterocycles. The van der Waals surface area contributed by atoms with Gasteiger partial charge in [0.2, 0.25) is 0 Å². The van der Waals surface area contributed by atoms with Crippen LogP contribution in [0.3, 0.4) is 0 Å². The van der Waals surface area contributed by atoms with E-state index in [2.05, 4.69) is 10.3 Å². The second kappa shape index (κ2) is 7.62. The van der Waals surface area contributed by atoms with E-state index in [0.717, 1.165) is 25.2 Å². The fraction of sp³-hybridized carbons (Fsp3) is 0.500. The highest BCUT2D eigenvalue weighted by molar-refractivity contribution is 5.89. The Morgan fingerprint density at radius 2 is 2.29 bits per heavy atom. The Bertz CT molecular complexity index is 338. The molecule has 0 aliphatic carbocycles. The van der Waals surface area contributed by atoms with Gasteiger partial charge in [0.15, 0.2) is 0 Å². The second-order valence-electron chi connectivity index (χ2n) is 3.58. The van der Waals surface area contributed by atoms with Gasteiger partial charge in [-0.25, -0.2) is 9.78 Å². The molecule has 0 aromatic carbocycles. The fourth-order valence-corrected chi connectivity index (χ4v) is 1.32. The highest BCUT2D eigenvalue weighted by atomic mass is 16.5. The molecule has 0 amide bonds. The Morgan fingerprint density at radius 1 is 1.47 bits per heavy atom. The molecule has 0 saturated carbocycles. The minimum absolute atomic E-state index is 0.338. The molecular formula is C12H19N3O2. The Kier molecular flexibility index (Phi) is 6.03. The summed E-state index contributed by atoms with van der Waals surface area (Å²) < 4.78 is 4.87. The number of ether oxygens (including phenoxy) is 1. The van der Waals surface area contributed by atoms with Crippen LogP contribution in [0, 0.1) is 0 Å². The zero-order chi connectivity index (χ0) is 12.5. The van der Waals surface area contributed by atoms with Crippen LogP contribution in [0.2, 0.25) is 0 Å². The molecule has 0 fully saturated rings. The standard InChI is InChI=1S/C12H19N3O2/c1-2-17-12(16)10-5-6-11(15-9-10)14-8-4-3-7-13/h5-6,9H,2-4,7-8,13H2,1H3,(H,14,15). The molecule has 0 aliphatic heterocycles. The summed E-state index contributed by atoms with van der Waals surface area (Å²) in [6.45, 7) is 3.69. The lowest BCUT2D eigenvalue weighted by atomic mass is 10.3. The third-order valence-corrected chi connectivity index (χ3v) is 2.21. The van der Waals surface area contributed by atoms with Gasteiger partial charge in [0, 0.05) is 12.7 Å². The first-order chi connectivity index (χ1) is 8.27. The van der Waals surface area contributed by atoms with Crippen LogP contribution >= 0.6 is 0 Å². The van der Waals surface area contributed by atoms with Crippen molar-refractivity contribution in [2.45, 2.75) is 19.8 Å². The molecule has 1 aromatic heterocycles. The third-order valence-electron chi connectivity index (χ3n) is 2.21. The van der Waals surface area contributed by atoms with Crippen molar-refractivity contribution in [3.63, 3.8) is 0 Å². The largest absolute Gasteiger partial charge is 0.462 e. The quantitative estimate of drug-likeness (QED) is 0.554. The zero-order valence-electron chi connectivity index (χ0n) is 10.1. The van der Waals surface area contributed by atoms with Gasteiger partial charge in [0.25, 0.3) is 0 Å². The highest BCUT2D eigenvalue weighted by Crippen LogP contribution is 2.06. The van der Waals surface area contributed by atoms with Crippen LogP contribution < -0.4 is 11.1 Å². The first-order valence-corrected chi connectivity index (χ1v) is 5.85. The second-order valence-corrected chi connectivity index (χ2v) is 3.58. The number of carbonyl (C=O) groups is 1. The maximum absolute atomic E-state index is 11.4. The van der Waals surface area contributed by atoms with Crippen molar-refractivity contribution < 1.29 is 9.53 Å². The molecule has 0 aliphatic rings. The summed E-state index contributed by atoms with van der Waals surface area (Å²) in [4.78, 5) is 15.5. The smallest absolute Gasteiger partial charge is 0.339 e. The Labute approximate surface area is 101 Å². The number of unbranched alkanes of at least 4 members (excludes halogenated alkanes) is 1. The van der Waals surface area contributed by atoms with Crippen molar-refractivity contribution in [2.24, 2.45) is 5.73 Å². The number of anilines is 1. The van der Waals surface area contributed by atoms with E-state index in [0.29, 0.717) is 18.7 Å². The molecule has 1 aromatic rings. The van der Waals surface area contributed by atoms with E-state index in [1.54, 1.807) is 19.1 Å². The number of carbonyl (C=O) groups excluding carboxylic acids is 1. The molecule has 0 radical (unpaired) electrons. The average molecular weight is 237 g/mol. The Hall–Kier alpha value is -1.62. The van der Waals surface area contributed by atoms with Gasteiger partial charge in [-0.05, 0) is 38.4 Å². The number of esters is 1. The summed E-state index contributed by atoms with van der Waals surface area (Å²) in [6.07, 6.45) is 3.52. The van der Waals surface area contributed by atoms with E-state index in [4.69, 9.17) is 10.5 Å². The molecular weight excluding hydrogens is 218 g/mol. The van der Waals surface area contributed by atoms with Crippen LogP contribution in [-0.4, -0.2) is 30.6 Å². The van der Waals surface area contributed by atoms with Crippen molar-refractivity contribution in [2.75, 3.05) is 25.0 Å². The number of aromatic nitrogens is 1. The van der Waals surface area contributed by atoms with Gasteiger partial charge < -0.3 is 15.8 Å². The van der Waals surface area contributed by atoms with Gasteiger partial charge in [0.05, 0.1) is 12.2 Å². The predicted molar refractivity (Wildman–Crippen MR) is 67.0 cm³/mol. The molecule has 17 heavy (non-hydrogen) atoms. The van der Waals surface area contributed by atoms with Crippen LogP contribution in [0.4, 0.5) is 5.82 Å². The van der Waals surface area contributed by atoms with Crippen molar-refractivity contribution >= 4 is 11.8 Å². The van der Waals surface area contributed by atoms with Gasteiger partial charge in [-0.2, -0.15) is 0 Å². The fourth-order valence-electron chi connectivity index (χ4n) is 1.32. The number of nitrogens with one attached hydrogen (secondary N) is 1. The van der Waals surface area contributed by atoms with Crippen LogP contribution in [0.25, 0.3) is 0 Å². The third kappa shape index (κ3) is 4.82. The number of rotatable bonds is 7. The molecule has 94 valence electrons. The highest BCUT2D eigenvalue weighted by Gasteiger charge is 2.05. The molecule has 1 rings (SSSR count). The molecule has 3 N–H and O–H groups in total. The summed E-state index contributed by atoms with van der Waals surface area (Å²) in [6, 6.07) is 3.48. The topological polar surface area (TPSA) is 77.2 Å². The van der Waals surface area contributed by atoms with Gasteiger partial charge in [-0.3, -0.25) is 0 Å². The molecule has 0 bridgehead atoms. The zero-order valence-corrected chi connectivity index (χ0v) is 10.1. The van der Waals surface area contributed by atoms with E-state index in [1.165, 1.54) is 6.20 Å². The van der Waals surface area contributed by atoms with E-state index >= 15 is 0 Å². The minimum atomic E-state index is -0.338. The Morgan fingerprint density at radius 3 is 2.88 bits per heavy atom. The molecule has 0 atom stereocenters. The van der Waals surface area contributed by atoms with E-state index in [9.17, 15) is 4.79 Å². The van der Waals surface area contributed by atoms with Crippen molar-refractivity contribution in [3.05, 3.63) is 23.9 Å². The van der Waals surface area contributed by atoms with E-state index in [1.807, 2.05) is 0 Å². The summed E-state index contributed by atoms with van der Waals surface area (Å²) in [5.74, 6) is 0.421. The molecule has 0 unspecified atom stereocenters. The lowest BCUT2D eigenvalue weighted by Crippen LogP contribution is -2.08. The van der Waals surface area contributed by atoms with Gasteiger partial charge in [0.1, 0.15) is 5.82 Å². The maximum atomic E-state index is 11.4. The van der Waals surface area contributed by atoms with Gasteiger partial charge in [-0.1, -0.05) is 0 Å². The Balaban J connectivity index is 2.42. The van der Waals surface area contributed by atoms with Gasteiger partial charge in [-0.15, -0.1) is 0 Å². The first kappa shape index (κ1) is 13.4. The van der Waals surface area contributed by atoms with Crippen molar-refractivity contribution in [3.8, 4) is 0 Å². The average Bonchev–Trinajstić information content (AvgIpc) is 2.36. The van der Waals surface area contributed by atoms with Crippen LogP contribution in [-0.2, 0) is 4.74 Å². The normalized spacial score (nSPS) is 10.0. The van der Waals surface area contributed by atoms with Crippen LogP contribution in [0.1, 0.15) is 30.1 Å². The number of nitrogens with two attached hydrogens (primary N) is 1. The van der Waals surface area contributed by atoms with Crippen molar-refractivity contribution in [1.29, 1.82) is 0 Å². The number of hydrogen-bond donors (Lipinski definition) is 2. The number of pyridine rings is 1. The summed E-state index contributed by atoms with van der Waals surface area (Å²) >= 11 is 0. The van der Waals surface area contributed by atoms with Crippen LogP contribution in [0.15, 0.2) is 18.3 Å². The van der Waals surface area contributed by atoms with E-state index in [-0.39, 0.29) is 5.97 Å². The number of nitrogens with zero attached hydrogens (tertiary/aromatic N) is 1.